The van der Waals surface area contributed by atoms with Gasteiger partial charge in [0.15, 0.2) is 0 Å². The quantitative estimate of drug-likeness (QED) is 0.445. The van der Waals surface area contributed by atoms with Gasteiger partial charge in [-0.15, -0.1) is 0 Å². The van der Waals surface area contributed by atoms with Crippen LogP contribution in [0, 0.1) is 11.8 Å². The lowest BCUT2D eigenvalue weighted by atomic mass is 9.87. The molecule has 0 aliphatic heterocycles. The van der Waals surface area contributed by atoms with E-state index in [0.29, 0.717) is 5.92 Å². The fraction of sp³-hybridized carbons (Fsp3) is 0.824. The molecule has 0 aliphatic rings. The van der Waals surface area contributed by atoms with E-state index in [4.69, 9.17) is 29.5 Å². The Balaban J connectivity index is 4.35. The van der Waals surface area contributed by atoms with E-state index >= 15 is 0 Å². The number of carboxylic acid groups (broad SMARTS) is 1. The predicted octanol–water partition coefficient (Wildman–Crippen LogP) is 5.61. The standard InChI is InChI=1S/C17H30O2S2/c1-4-6-15(20)11-10-14(16(21)7-5-2)9-8-13(3)12-17(18)19/h13-14H,4-12H2,1-3H3,(H,18,19). The first-order valence-corrected chi connectivity index (χ1v) is 8.98. The van der Waals surface area contributed by atoms with Crippen LogP contribution in [0.5, 0.6) is 0 Å². The van der Waals surface area contributed by atoms with Crippen molar-refractivity contribution in [2.24, 2.45) is 11.8 Å². The van der Waals surface area contributed by atoms with E-state index in [9.17, 15) is 4.79 Å². The maximum atomic E-state index is 10.7. The van der Waals surface area contributed by atoms with Gasteiger partial charge in [-0.1, -0.05) is 58.0 Å². The molecule has 0 amide bonds. The van der Waals surface area contributed by atoms with Gasteiger partial charge in [-0.25, -0.2) is 0 Å². The molecule has 0 saturated carbocycles. The number of carbonyl (C=O) groups is 1. The van der Waals surface area contributed by atoms with Gasteiger partial charge in [0.1, 0.15) is 0 Å². The Hall–Kier alpha value is -0.350. The third-order valence-electron chi connectivity index (χ3n) is 3.78. The van der Waals surface area contributed by atoms with Crippen molar-refractivity contribution in [1.82, 2.24) is 0 Å². The Morgan fingerprint density at radius 1 is 1.00 bits per heavy atom. The van der Waals surface area contributed by atoms with Crippen molar-refractivity contribution in [1.29, 1.82) is 0 Å². The first-order valence-electron chi connectivity index (χ1n) is 8.16. The maximum Gasteiger partial charge on any atom is 0.303 e. The summed E-state index contributed by atoms with van der Waals surface area (Å²) in [5.74, 6) is -0.0673. The lowest BCUT2D eigenvalue weighted by Crippen LogP contribution is -2.16. The highest BCUT2D eigenvalue weighted by molar-refractivity contribution is 7.80. The highest BCUT2D eigenvalue weighted by atomic mass is 32.1. The minimum Gasteiger partial charge on any atom is -0.481 e. The van der Waals surface area contributed by atoms with Gasteiger partial charge >= 0.3 is 5.97 Å². The fourth-order valence-corrected chi connectivity index (χ4v) is 3.30. The number of hydrogen-bond donors (Lipinski definition) is 1. The number of aliphatic carboxylic acids is 1. The minimum atomic E-state index is -0.709. The highest BCUT2D eigenvalue weighted by Crippen LogP contribution is 2.23. The van der Waals surface area contributed by atoms with Crippen LogP contribution in [0.15, 0.2) is 0 Å². The largest absolute Gasteiger partial charge is 0.481 e. The fourth-order valence-electron chi connectivity index (χ4n) is 2.54. The van der Waals surface area contributed by atoms with Crippen molar-refractivity contribution in [2.75, 3.05) is 0 Å². The summed E-state index contributed by atoms with van der Waals surface area (Å²) in [6, 6.07) is 0. The molecule has 4 heteroatoms. The summed E-state index contributed by atoms with van der Waals surface area (Å²) in [5, 5.41) is 8.83. The van der Waals surface area contributed by atoms with Crippen LogP contribution < -0.4 is 0 Å². The molecular weight excluding hydrogens is 300 g/mol. The van der Waals surface area contributed by atoms with E-state index in [1.54, 1.807) is 0 Å². The second-order valence-electron chi connectivity index (χ2n) is 6.02. The van der Waals surface area contributed by atoms with Crippen LogP contribution in [0.3, 0.4) is 0 Å². The molecule has 0 aromatic heterocycles. The molecule has 0 aromatic rings. The molecule has 0 saturated heterocycles. The minimum absolute atomic E-state index is 0.219. The third-order valence-corrected chi connectivity index (χ3v) is 4.73. The van der Waals surface area contributed by atoms with Crippen LogP contribution in [-0.4, -0.2) is 20.8 Å². The highest BCUT2D eigenvalue weighted by Gasteiger charge is 2.17. The van der Waals surface area contributed by atoms with Gasteiger partial charge in [0.25, 0.3) is 0 Å². The first kappa shape index (κ1) is 20.6. The Labute approximate surface area is 140 Å². The summed E-state index contributed by atoms with van der Waals surface area (Å²) >= 11 is 11.0. The molecule has 2 nitrogen and oxygen atoms in total. The molecule has 0 rings (SSSR count). The molecule has 1 N–H and O–H groups in total. The van der Waals surface area contributed by atoms with Gasteiger partial charge in [-0.2, -0.15) is 0 Å². The van der Waals surface area contributed by atoms with E-state index < -0.39 is 5.97 Å². The second-order valence-corrected chi connectivity index (χ2v) is 7.12. The molecule has 122 valence electrons. The summed E-state index contributed by atoms with van der Waals surface area (Å²) < 4.78 is 0. The van der Waals surface area contributed by atoms with Gasteiger partial charge in [-0.3, -0.25) is 4.79 Å². The smallest absolute Gasteiger partial charge is 0.303 e. The molecule has 0 heterocycles. The molecule has 2 unspecified atom stereocenters. The molecule has 21 heavy (non-hydrogen) atoms. The number of rotatable bonds is 13. The van der Waals surface area contributed by atoms with Crippen LogP contribution in [0.2, 0.25) is 0 Å². The van der Waals surface area contributed by atoms with Gasteiger partial charge in [0, 0.05) is 6.42 Å². The molecular formula is C17H30O2S2. The van der Waals surface area contributed by atoms with Gasteiger partial charge < -0.3 is 5.11 Å². The maximum absolute atomic E-state index is 10.7. The van der Waals surface area contributed by atoms with Gasteiger partial charge in [-0.05, 0) is 60.1 Å². The van der Waals surface area contributed by atoms with Gasteiger partial charge in [0.2, 0.25) is 0 Å². The Morgan fingerprint density at radius 3 is 2.14 bits per heavy atom. The third kappa shape index (κ3) is 10.9. The topological polar surface area (TPSA) is 37.3 Å². The van der Waals surface area contributed by atoms with Crippen molar-refractivity contribution in [2.45, 2.75) is 78.6 Å². The van der Waals surface area contributed by atoms with Crippen LogP contribution in [0.25, 0.3) is 0 Å². The number of carboxylic acids is 1. The van der Waals surface area contributed by atoms with Crippen LogP contribution in [-0.2, 0) is 4.79 Å². The van der Waals surface area contributed by atoms with E-state index in [0.717, 1.165) is 61.1 Å². The zero-order valence-electron chi connectivity index (χ0n) is 13.7. The van der Waals surface area contributed by atoms with E-state index in [1.165, 1.54) is 0 Å². The predicted molar refractivity (Wildman–Crippen MR) is 98.4 cm³/mol. The van der Waals surface area contributed by atoms with E-state index in [1.807, 2.05) is 6.92 Å². The summed E-state index contributed by atoms with van der Waals surface area (Å²) in [6.45, 7) is 6.31. The van der Waals surface area contributed by atoms with Crippen molar-refractivity contribution < 1.29 is 9.90 Å². The SMILES string of the molecule is CCCC(=S)CCC(CCC(C)CC(=O)O)C(=S)CCC. The molecule has 0 radical (unpaired) electrons. The normalized spacial score (nSPS) is 13.7. The molecule has 2 atom stereocenters. The summed E-state index contributed by atoms with van der Waals surface area (Å²) in [5.41, 5.74) is 0. The Kier molecular flexibility index (Phi) is 12.0. The van der Waals surface area contributed by atoms with E-state index in [-0.39, 0.29) is 12.3 Å². The van der Waals surface area contributed by atoms with Crippen LogP contribution >= 0.6 is 24.4 Å². The van der Waals surface area contributed by atoms with Crippen molar-refractivity contribution >= 4 is 40.1 Å². The molecule has 0 fully saturated rings. The summed E-state index contributed by atoms with van der Waals surface area (Å²) in [6.07, 6.45) is 8.41. The molecule has 0 aromatic carbocycles. The average Bonchev–Trinajstić information content (AvgIpc) is 2.38. The molecule has 0 spiro atoms. The lowest BCUT2D eigenvalue weighted by molar-refractivity contribution is -0.138. The van der Waals surface area contributed by atoms with Crippen molar-refractivity contribution in [3.63, 3.8) is 0 Å². The lowest BCUT2D eigenvalue weighted by Gasteiger charge is -2.20. The van der Waals surface area contributed by atoms with Crippen molar-refractivity contribution in [3.8, 4) is 0 Å². The van der Waals surface area contributed by atoms with Crippen LogP contribution in [0.4, 0.5) is 0 Å². The zero-order chi connectivity index (χ0) is 16.3. The average molecular weight is 331 g/mol. The first-order chi connectivity index (χ1) is 9.90. The van der Waals surface area contributed by atoms with Crippen molar-refractivity contribution in [3.05, 3.63) is 0 Å². The zero-order valence-corrected chi connectivity index (χ0v) is 15.3. The summed E-state index contributed by atoms with van der Waals surface area (Å²) in [7, 11) is 0. The summed E-state index contributed by atoms with van der Waals surface area (Å²) in [4.78, 5) is 13.0. The number of thiocarbonyl (C=S) groups is 2. The Bertz CT molecular complexity index is 340. The van der Waals surface area contributed by atoms with Crippen LogP contribution in [0.1, 0.15) is 78.6 Å². The molecule has 0 bridgehead atoms. The Morgan fingerprint density at radius 2 is 1.62 bits per heavy atom. The monoisotopic (exact) mass is 330 g/mol. The van der Waals surface area contributed by atoms with E-state index in [2.05, 4.69) is 13.8 Å². The number of hydrogen-bond acceptors (Lipinski definition) is 3. The van der Waals surface area contributed by atoms with Gasteiger partial charge in [0.05, 0.1) is 0 Å². The molecule has 0 aliphatic carbocycles. The second kappa shape index (κ2) is 12.2.